The van der Waals surface area contributed by atoms with Crippen LogP contribution in [0.3, 0.4) is 0 Å². The van der Waals surface area contributed by atoms with Gasteiger partial charge in [0.05, 0.1) is 29.7 Å². The number of rotatable bonds is 2. The molecule has 1 aliphatic heterocycles. The van der Waals surface area contributed by atoms with Crippen LogP contribution < -0.4 is 0 Å². The molecular weight excluding hydrogens is 198 g/mol. The van der Waals surface area contributed by atoms with Gasteiger partial charge in [0, 0.05) is 12.6 Å². The lowest BCUT2D eigenvalue weighted by Gasteiger charge is -2.36. The highest BCUT2D eigenvalue weighted by Crippen LogP contribution is 2.19. The van der Waals surface area contributed by atoms with Crippen LogP contribution >= 0.6 is 11.7 Å². The van der Waals surface area contributed by atoms with Crippen LogP contribution in [0, 0.1) is 0 Å². The number of aliphatic hydroxyl groups is 1. The predicted molar refractivity (Wildman–Crippen MR) is 55.0 cm³/mol. The Hall–Kier alpha value is -0.520. The summed E-state index contributed by atoms with van der Waals surface area (Å²) < 4.78 is 8.15. The molecule has 0 radical (unpaired) electrons. The summed E-state index contributed by atoms with van der Waals surface area (Å²) in [5, 5.41) is 9.70. The molecule has 2 heterocycles. The van der Waals surface area contributed by atoms with E-state index in [9.17, 15) is 5.11 Å². The molecule has 2 rings (SSSR count). The maximum atomic E-state index is 9.70. The van der Waals surface area contributed by atoms with E-state index in [-0.39, 0.29) is 12.1 Å². The standard InChI is InChI=1S/C9H15N3OS/c1-7-9(13)3-2-4-12(7)6-8-5-10-14-11-8/h5,7,9,13H,2-4,6H2,1H3. The molecule has 5 heteroatoms. The molecule has 1 saturated heterocycles. The van der Waals surface area contributed by atoms with Crippen molar-refractivity contribution in [2.45, 2.75) is 38.5 Å². The third kappa shape index (κ3) is 2.10. The molecule has 0 spiro atoms. The molecule has 0 aromatic carbocycles. The Morgan fingerprint density at radius 3 is 3.29 bits per heavy atom. The second-order valence-electron chi connectivity index (χ2n) is 3.82. The van der Waals surface area contributed by atoms with E-state index in [1.54, 1.807) is 6.20 Å². The van der Waals surface area contributed by atoms with Crippen molar-refractivity contribution in [3.05, 3.63) is 11.9 Å². The highest BCUT2D eigenvalue weighted by molar-refractivity contribution is 6.99. The van der Waals surface area contributed by atoms with Crippen LogP contribution in [0.2, 0.25) is 0 Å². The summed E-state index contributed by atoms with van der Waals surface area (Å²) in [5.41, 5.74) is 1.01. The normalized spacial score (nSPS) is 29.3. The molecular formula is C9H15N3OS. The third-order valence-corrected chi connectivity index (χ3v) is 3.37. The van der Waals surface area contributed by atoms with Gasteiger partial charge >= 0.3 is 0 Å². The van der Waals surface area contributed by atoms with Gasteiger partial charge in [-0.1, -0.05) is 0 Å². The van der Waals surface area contributed by atoms with E-state index < -0.39 is 0 Å². The van der Waals surface area contributed by atoms with Gasteiger partial charge in [0.15, 0.2) is 0 Å². The minimum Gasteiger partial charge on any atom is -0.392 e. The Kier molecular flexibility index (Phi) is 3.10. The molecule has 0 bridgehead atoms. The highest BCUT2D eigenvalue weighted by atomic mass is 32.1. The molecule has 2 atom stereocenters. The van der Waals surface area contributed by atoms with Crippen LogP contribution in [0.4, 0.5) is 0 Å². The zero-order valence-corrected chi connectivity index (χ0v) is 9.07. The molecule has 78 valence electrons. The first-order valence-corrected chi connectivity index (χ1v) is 5.69. The smallest absolute Gasteiger partial charge is 0.0883 e. The molecule has 1 aromatic rings. The number of hydrogen-bond acceptors (Lipinski definition) is 5. The van der Waals surface area contributed by atoms with E-state index in [0.717, 1.165) is 31.6 Å². The van der Waals surface area contributed by atoms with Crippen molar-refractivity contribution in [3.8, 4) is 0 Å². The number of nitrogens with zero attached hydrogens (tertiary/aromatic N) is 3. The summed E-state index contributed by atoms with van der Waals surface area (Å²) in [6, 6.07) is 0.241. The topological polar surface area (TPSA) is 49.2 Å². The number of aliphatic hydroxyl groups excluding tert-OH is 1. The monoisotopic (exact) mass is 213 g/mol. The van der Waals surface area contributed by atoms with E-state index in [1.807, 2.05) is 0 Å². The van der Waals surface area contributed by atoms with Crippen molar-refractivity contribution in [3.63, 3.8) is 0 Å². The van der Waals surface area contributed by atoms with Crippen LogP contribution in [0.15, 0.2) is 6.20 Å². The lowest BCUT2D eigenvalue weighted by atomic mass is 10.0. The third-order valence-electron chi connectivity index (χ3n) is 2.85. The molecule has 1 N–H and O–H groups in total. The molecule has 0 amide bonds. The van der Waals surface area contributed by atoms with Crippen LogP contribution in [-0.4, -0.2) is 37.4 Å². The summed E-state index contributed by atoms with van der Waals surface area (Å²) >= 11 is 1.24. The lowest BCUT2D eigenvalue weighted by Crippen LogP contribution is -2.45. The first-order valence-electron chi connectivity index (χ1n) is 4.96. The molecule has 1 fully saturated rings. The summed E-state index contributed by atoms with van der Waals surface area (Å²) in [5.74, 6) is 0. The van der Waals surface area contributed by atoms with Gasteiger partial charge in [0.25, 0.3) is 0 Å². The second-order valence-corrected chi connectivity index (χ2v) is 4.38. The molecule has 14 heavy (non-hydrogen) atoms. The van der Waals surface area contributed by atoms with Gasteiger partial charge in [-0.05, 0) is 26.3 Å². The van der Waals surface area contributed by atoms with E-state index >= 15 is 0 Å². The van der Waals surface area contributed by atoms with Gasteiger partial charge in [-0.15, -0.1) is 0 Å². The zero-order valence-electron chi connectivity index (χ0n) is 8.26. The fourth-order valence-corrected chi connectivity index (χ4v) is 2.30. The van der Waals surface area contributed by atoms with Gasteiger partial charge < -0.3 is 5.11 Å². The number of likely N-dealkylation sites (tertiary alicyclic amines) is 1. The molecule has 1 aliphatic rings. The number of piperidine rings is 1. The first-order chi connectivity index (χ1) is 6.77. The SMILES string of the molecule is CC1C(O)CCCN1Cc1cnsn1. The van der Waals surface area contributed by atoms with Crippen molar-refractivity contribution in [1.82, 2.24) is 13.6 Å². The van der Waals surface area contributed by atoms with E-state index in [1.165, 1.54) is 11.7 Å². The Morgan fingerprint density at radius 2 is 2.57 bits per heavy atom. The summed E-state index contributed by atoms with van der Waals surface area (Å²) in [6.45, 7) is 3.94. The Morgan fingerprint density at radius 1 is 1.71 bits per heavy atom. The number of hydrogen-bond donors (Lipinski definition) is 1. The molecule has 2 unspecified atom stereocenters. The van der Waals surface area contributed by atoms with Crippen LogP contribution in [0.1, 0.15) is 25.5 Å². The molecule has 4 nitrogen and oxygen atoms in total. The maximum Gasteiger partial charge on any atom is 0.0883 e. The average Bonchev–Trinajstić information content (AvgIpc) is 2.66. The number of aromatic nitrogens is 2. The van der Waals surface area contributed by atoms with E-state index in [0.29, 0.717) is 0 Å². The van der Waals surface area contributed by atoms with E-state index in [2.05, 4.69) is 20.6 Å². The lowest BCUT2D eigenvalue weighted by molar-refractivity contribution is 0.0152. The van der Waals surface area contributed by atoms with Gasteiger partial charge in [0.1, 0.15) is 0 Å². The van der Waals surface area contributed by atoms with E-state index in [4.69, 9.17) is 0 Å². The minimum absolute atomic E-state index is 0.185. The summed E-state index contributed by atoms with van der Waals surface area (Å²) in [4.78, 5) is 2.27. The minimum atomic E-state index is -0.185. The maximum absolute atomic E-state index is 9.70. The fraction of sp³-hybridized carbons (Fsp3) is 0.778. The van der Waals surface area contributed by atoms with Crippen molar-refractivity contribution in [2.24, 2.45) is 0 Å². The summed E-state index contributed by atoms with van der Waals surface area (Å²) in [7, 11) is 0. The van der Waals surface area contributed by atoms with Gasteiger partial charge in [0.2, 0.25) is 0 Å². The Labute approximate surface area is 87.9 Å². The quantitative estimate of drug-likeness (QED) is 0.792. The average molecular weight is 213 g/mol. The van der Waals surface area contributed by atoms with Crippen molar-refractivity contribution < 1.29 is 5.11 Å². The van der Waals surface area contributed by atoms with Crippen molar-refractivity contribution in [1.29, 1.82) is 0 Å². The molecule has 1 aromatic heterocycles. The van der Waals surface area contributed by atoms with Crippen molar-refractivity contribution in [2.75, 3.05) is 6.54 Å². The second kappa shape index (κ2) is 4.33. The van der Waals surface area contributed by atoms with Gasteiger partial charge in [-0.2, -0.15) is 8.75 Å². The van der Waals surface area contributed by atoms with Crippen LogP contribution in [0.25, 0.3) is 0 Å². The Balaban J connectivity index is 1.97. The first kappa shape index (κ1) is 10.0. The summed E-state index contributed by atoms with van der Waals surface area (Å²) in [6.07, 6.45) is 3.62. The largest absolute Gasteiger partial charge is 0.392 e. The zero-order chi connectivity index (χ0) is 9.97. The van der Waals surface area contributed by atoms with Gasteiger partial charge in [-0.3, -0.25) is 4.90 Å². The predicted octanol–water partition coefficient (Wildman–Crippen LogP) is 0.883. The Bertz CT molecular complexity index is 278. The van der Waals surface area contributed by atoms with Crippen LogP contribution in [0.5, 0.6) is 0 Å². The molecule has 0 aliphatic carbocycles. The molecule has 0 saturated carbocycles. The van der Waals surface area contributed by atoms with Crippen molar-refractivity contribution >= 4 is 11.7 Å². The fourth-order valence-electron chi connectivity index (χ4n) is 1.88. The van der Waals surface area contributed by atoms with Gasteiger partial charge in [-0.25, -0.2) is 0 Å². The van der Waals surface area contributed by atoms with Crippen LogP contribution in [-0.2, 0) is 6.54 Å². The highest BCUT2D eigenvalue weighted by Gasteiger charge is 2.26.